The van der Waals surface area contributed by atoms with E-state index in [1.54, 1.807) is 83.1 Å². The Balaban J connectivity index is 5.48. The van der Waals surface area contributed by atoms with E-state index >= 15 is 0 Å². The van der Waals surface area contributed by atoms with Gasteiger partial charge in [0.05, 0.1) is 0 Å². The molecule has 0 heterocycles. The molecule has 0 fully saturated rings. The molecular formula is C64H114N6O17. The van der Waals surface area contributed by atoms with Gasteiger partial charge in [-0.25, -0.2) is 19.2 Å². The third kappa shape index (κ3) is 48.6. The molecule has 23 nitrogen and oxygen atoms in total. The van der Waals surface area contributed by atoms with Crippen molar-refractivity contribution in [2.75, 3.05) is 13.1 Å². The van der Waals surface area contributed by atoms with E-state index in [2.05, 4.69) is 31.9 Å². The van der Waals surface area contributed by atoms with Gasteiger partial charge in [0, 0.05) is 38.6 Å². The molecule has 6 amide bonds. The summed E-state index contributed by atoms with van der Waals surface area (Å²) in [5, 5.41) is 24.5. The summed E-state index contributed by atoms with van der Waals surface area (Å²) in [6.45, 7) is 25.0. The van der Waals surface area contributed by atoms with Gasteiger partial charge < -0.3 is 60.7 Å². The Hall–Kier alpha value is -6.03. The van der Waals surface area contributed by atoms with Crippen molar-refractivity contribution in [2.24, 2.45) is 0 Å². The topological polar surface area (TPSA) is 326 Å². The molecule has 0 aliphatic heterocycles. The molecule has 0 aliphatic rings. The van der Waals surface area contributed by atoms with Crippen molar-refractivity contribution in [3.8, 4) is 0 Å². The van der Waals surface area contributed by atoms with E-state index in [9.17, 15) is 52.7 Å². The Morgan fingerprint density at radius 3 is 0.943 bits per heavy atom. The molecule has 0 unspecified atom stereocenters. The molecule has 0 saturated heterocycles. The van der Waals surface area contributed by atoms with Crippen LogP contribution < -0.4 is 31.9 Å². The second-order valence-electron chi connectivity index (χ2n) is 27.5. The molecule has 0 aromatic rings. The second-order valence-corrected chi connectivity index (χ2v) is 27.5. The fourth-order valence-corrected chi connectivity index (χ4v) is 8.71. The summed E-state index contributed by atoms with van der Waals surface area (Å²) in [6, 6.07) is -5.13. The number of carbonyl (C=O) groups excluding carboxylic acids is 10. The molecule has 0 aliphatic carbocycles. The number of hydrogen-bond donors (Lipinski definition) is 7. The largest absolute Gasteiger partial charge is 0.480 e. The predicted molar refractivity (Wildman–Crippen MR) is 331 cm³/mol. The molecule has 0 rings (SSSR count). The zero-order chi connectivity index (χ0) is 66.4. The van der Waals surface area contributed by atoms with Crippen molar-refractivity contribution in [1.29, 1.82) is 0 Å². The molecule has 0 bridgehead atoms. The standard InChI is InChI=1S/C64H114N6O17/c1-60(2,3)83-54(77)36-31-29-27-25-23-21-19-17-16-18-20-22-24-26-28-30-35-49(71)68-46(56(79)84-61(4,5)6)38-41-51(73)70-48(58(81)86-63(10,11)12)39-42-52(74)69-47(57(80)85-62(7,8)9)37-40-50(72)67-45(55(78)66-44-53(75)76)34-32-33-43-65-59(82)87-64(13,14)15/h45-48H,16-44H2,1-15H3,(H,65,82)(H,66,78)(H,67,72)(H,68,71)(H,69,74)(H,70,73)(H,75,76)/t45-,46-,47-,48-/m0/s1. The fourth-order valence-electron chi connectivity index (χ4n) is 8.71. The highest BCUT2D eigenvalue weighted by molar-refractivity contribution is 5.91. The van der Waals surface area contributed by atoms with E-state index in [4.69, 9.17) is 28.8 Å². The summed E-state index contributed by atoms with van der Waals surface area (Å²) in [5.41, 5.74) is -4.05. The number of carbonyl (C=O) groups is 11. The number of amides is 6. The van der Waals surface area contributed by atoms with E-state index in [0.29, 0.717) is 25.7 Å². The van der Waals surface area contributed by atoms with E-state index < -0.39 is 125 Å². The first-order chi connectivity index (χ1) is 40.2. The summed E-state index contributed by atoms with van der Waals surface area (Å²) < 4.78 is 27.3. The molecule has 0 aromatic carbocycles. The average molecular weight is 1240 g/mol. The van der Waals surface area contributed by atoms with Crippen molar-refractivity contribution in [3.63, 3.8) is 0 Å². The van der Waals surface area contributed by atoms with Crippen LogP contribution in [-0.4, -0.2) is 136 Å². The minimum absolute atomic E-state index is 0.0594. The Morgan fingerprint density at radius 1 is 0.322 bits per heavy atom. The number of carboxylic acids is 1. The molecule has 502 valence electrons. The molecular weight excluding hydrogens is 1120 g/mol. The zero-order valence-corrected chi connectivity index (χ0v) is 55.8. The molecule has 87 heavy (non-hydrogen) atoms. The van der Waals surface area contributed by atoms with Gasteiger partial charge in [-0.15, -0.1) is 0 Å². The number of carboxylic acid groups (broad SMARTS) is 1. The maximum atomic E-state index is 13.6. The van der Waals surface area contributed by atoms with Crippen molar-refractivity contribution >= 4 is 65.5 Å². The van der Waals surface area contributed by atoms with Gasteiger partial charge in [-0.1, -0.05) is 89.9 Å². The molecule has 0 aromatic heterocycles. The lowest BCUT2D eigenvalue weighted by Gasteiger charge is -2.26. The molecule has 7 N–H and O–H groups in total. The fraction of sp³-hybridized carbons (Fsp3) is 0.828. The third-order valence-electron chi connectivity index (χ3n) is 12.7. The predicted octanol–water partition coefficient (Wildman–Crippen LogP) is 9.55. The van der Waals surface area contributed by atoms with E-state index in [1.165, 1.54) is 51.4 Å². The van der Waals surface area contributed by atoms with Crippen LogP contribution in [0.3, 0.4) is 0 Å². The highest BCUT2D eigenvalue weighted by atomic mass is 16.6. The van der Waals surface area contributed by atoms with Crippen LogP contribution in [0.25, 0.3) is 0 Å². The second kappa shape index (κ2) is 42.0. The monoisotopic (exact) mass is 1240 g/mol. The maximum absolute atomic E-state index is 13.6. The van der Waals surface area contributed by atoms with Gasteiger partial charge in [0.1, 0.15) is 58.7 Å². The van der Waals surface area contributed by atoms with Gasteiger partial charge in [-0.3, -0.25) is 33.6 Å². The number of hydrogen-bond acceptors (Lipinski definition) is 16. The van der Waals surface area contributed by atoms with E-state index in [-0.39, 0.29) is 56.9 Å². The van der Waals surface area contributed by atoms with Crippen LogP contribution in [0.15, 0.2) is 0 Å². The number of esters is 4. The number of alkyl carbamates (subject to hydrolysis) is 1. The summed E-state index contributed by atoms with van der Waals surface area (Å²) in [6.07, 6.45) is 16.4. The third-order valence-corrected chi connectivity index (χ3v) is 12.7. The van der Waals surface area contributed by atoms with Crippen LogP contribution in [0.1, 0.15) is 277 Å². The van der Waals surface area contributed by atoms with E-state index in [1.807, 2.05) is 20.8 Å². The summed E-state index contributed by atoms with van der Waals surface area (Å²) in [4.78, 5) is 142. The van der Waals surface area contributed by atoms with Crippen LogP contribution in [0.4, 0.5) is 4.79 Å². The first-order valence-corrected chi connectivity index (χ1v) is 31.8. The van der Waals surface area contributed by atoms with E-state index in [0.717, 1.165) is 44.9 Å². The first-order valence-electron chi connectivity index (χ1n) is 31.8. The van der Waals surface area contributed by atoms with Crippen molar-refractivity contribution in [1.82, 2.24) is 31.9 Å². The quantitative estimate of drug-likeness (QED) is 0.0170. The van der Waals surface area contributed by atoms with Crippen LogP contribution in [-0.2, 0) is 71.6 Å². The smallest absolute Gasteiger partial charge is 0.407 e. The lowest BCUT2D eigenvalue weighted by atomic mass is 10.0. The molecule has 4 atom stereocenters. The summed E-state index contributed by atoms with van der Waals surface area (Å²) in [5.74, 6) is -7.17. The van der Waals surface area contributed by atoms with Crippen LogP contribution in [0.5, 0.6) is 0 Å². The average Bonchev–Trinajstić information content (AvgIpc) is 3.42. The minimum atomic E-state index is -1.39. The number of nitrogens with one attached hydrogen (secondary N) is 6. The maximum Gasteiger partial charge on any atom is 0.407 e. The Bertz CT molecular complexity index is 2130. The van der Waals surface area contributed by atoms with Crippen molar-refractivity contribution < 1.29 is 81.5 Å². The van der Waals surface area contributed by atoms with Gasteiger partial charge in [0.15, 0.2) is 0 Å². The number of unbranched alkanes of at least 4 members (excludes halogenated alkanes) is 16. The number of rotatable bonds is 43. The number of aliphatic carboxylic acids is 1. The van der Waals surface area contributed by atoms with Crippen LogP contribution in [0.2, 0.25) is 0 Å². The Labute approximate surface area is 519 Å². The molecule has 23 heteroatoms. The first kappa shape index (κ1) is 81.0. The summed E-state index contributed by atoms with van der Waals surface area (Å²) in [7, 11) is 0. The lowest BCUT2D eigenvalue weighted by molar-refractivity contribution is -0.160. The van der Waals surface area contributed by atoms with Gasteiger partial charge in [-0.2, -0.15) is 0 Å². The summed E-state index contributed by atoms with van der Waals surface area (Å²) >= 11 is 0. The van der Waals surface area contributed by atoms with Gasteiger partial charge in [0.25, 0.3) is 0 Å². The van der Waals surface area contributed by atoms with Crippen molar-refractivity contribution in [2.45, 2.75) is 329 Å². The zero-order valence-electron chi connectivity index (χ0n) is 55.8. The highest BCUT2D eigenvalue weighted by Crippen LogP contribution is 2.19. The van der Waals surface area contributed by atoms with Gasteiger partial charge in [0.2, 0.25) is 29.5 Å². The highest BCUT2D eigenvalue weighted by Gasteiger charge is 2.33. The molecule has 0 saturated carbocycles. The SMILES string of the molecule is CC(C)(C)OC(=O)CCCCCCCCCCCCCCCCCCC(=O)N[C@@H](CCC(=O)N[C@@H](CCC(=O)N[C@@H](CCC(=O)N[C@@H](CCCCNC(=O)OC(C)(C)C)C(=O)NCC(=O)O)C(=O)OC(C)(C)C)C(=O)OC(C)(C)C)C(=O)OC(C)(C)C. The van der Waals surface area contributed by atoms with Crippen LogP contribution in [0, 0.1) is 0 Å². The Morgan fingerprint density at radius 2 is 0.621 bits per heavy atom. The van der Waals surface area contributed by atoms with Crippen LogP contribution >= 0.6 is 0 Å². The van der Waals surface area contributed by atoms with Crippen molar-refractivity contribution in [3.05, 3.63) is 0 Å². The normalized spacial score (nSPS) is 13.3. The molecule has 0 radical (unpaired) electrons. The van der Waals surface area contributed by atoms with Gasteiger partial charge in [-0.05, 0) is 155 Å². The Kier molecular flexibility index (Phi) is 39.1. The molecule has 0 spiro atoms. The number of ether oxygens (including phenoxy) is 5. The lowest BCUT2D eigenvalue weighted by Crippen LogP contribution is -2.49. The van der Waals surface area contributed by atoms with Gasteiger partial charge >= 0.3 is 35.9 Å². The minimum Gasteiger partial charge on any atom is -0.480 e.